The van der Waals surface area contributed by atoms with Gasteiger partial charge in [0.25, 0.3) is 0 Å². The van der Waals surface area contributed by atoms with E-state index in [1.807, 2.05) is 6.92 Å². The van der Waals surface area contributed by atoms with Crippen molar-refractivity contribution in [1.82, 2.24) is 4.31 Å². The third-order valence-electron chi connectivity index (χ3n) is 2.62. The minimum absolute atomic E-state index is 0.0344. The predicted octanol–water partition coefficient (Wildman–Crippen LogP) is 2.99. The molecule has 1 aromatic rings. The van der Waals surface area contributed by atoms with E-state index >= 15 is 0 Å². The van der Waals surface area contributed by atoms with Crippen LogP contribution in [0.4, 0.5) is 4.39 Å². The number of hydrogen-bond acceptors (Lipinski definition) is 2. The highest BCUT2D eigenvalue weighted by Gasteiger charge is 2.25. The van der Waals surface area contributed by atoms with Crippen molar-refractivity contribution in [3.8, 4) is 0 Å². The first-order valence-corrected chi connectivity index (χ1v) is 7.79. The highest BCUT2D eigenvalue weighted by Crippen LogP contribution is 2.23. The molecule has 3 nitrogen and oxygen atoms in total. The van der Waals surface area contributed by atoms with Crippen LogP contribution in [-0.4, -0.2) is 25.8 Å². The summed E-state index contributed by atoms with van der Waals surface area (Å²) in [5.41, 5.74) is 0.424. The van der Waals surface area contributed by atoms with Gasteiger partial charge in [-0.2, -0.15) is 4.31 Å². The number of nitrogens with zero attached hydrogens (tertiary/aromatic N) is 1. The summed E-state index contributed by atoms with van der Waals surface area (Å²) in [6.07, 6.45) is 0.707. The Morgan fingerprint density at radius 1 is 1.33 bits per heavy atom. The Labute approximate surface area is 113 Å². The van der Waals surface area contributed by atoms with E-state index in [1.54, 1.807) is 6.92 Å². The maximum absolute atomic E-state index is 13.2. The zero-order chi connectivity index (χ0) is 13.8. The zero-order valence-electron chi connectivity index (χ0n) is 10.5. The van der Waals surface area contributed by atoms with Crippen molar-refractivity contribution < 1.29 is 12.8 Å². The molecule has 0 aliphatic rings. The van der Waals surface area contributed by atoms with Gasteiger partial charge in [0.2, 0.25) is 10.0 Å². The normalized spacial score (nSPS) is 12.1. The van der Waals surface area contributed by atoms with Crippen LogP contribution in [0, 0.1) is 5.82 Å². The molecule has 102 valence electrons. The van der Waals surface area contributed by atoms with Gasteiger partial charge >= 0.3 is 0 Å². The molecular weight excluding hydrogens is 277 g/mol. The van der Waals surface area contributed by atoms with Crippen LogP contribution in [-0.2, 0) is 15.9 Å². The molecule has 0 aromatic heterocycles. The molecule has 0 N–H and O–H groups in total. The lowest BCUT2D eigenvalue weighted by Crippen LogP contribution is -2.32. The van der Waals surface area contributed by atoms with Gasteiger partial charge in [-0.05, 0) is 24.1 Å². The number of rotatable bonds is 6. The molecule has 0 aliphatic carbocycles. The van der Waals surface area contributed by atoms with Gasteiger partial charge in [-0.25, -0.2) is 12.8 Å². The molecule has 0 spiro atoms. The number of benzene rings is 1. The fraction of sp³-hybridized carbons (Fsp3) is 0.500. The molecule has 1 rings (SSSR count). The molecule has 0 bridgehead atoms. The molecule has 0 saturated heterocycles. The van der Waals surface area contributed by atoms with Gasteiger partial charge < -0.3 is 0 Å². The highest BCUT2D eigenvalue weighted by molar-refractivity contribution is 7.89. The van der Waals surface area contributed by atoms with E-state index in [9.17, 15) is 12.8 Å². The molecule has 0 heterocycles. The molecule has 0 fully saturated rings. The van der Waals surface area contributed by atoms with Crippen LogP contribution >= 0.6 is 11.6 Å². The first-order chi connectivity index (χ1) is 8.47. The lowest BCUT2D eigenvalue weighted by atomic mass is 10.2. The Kier molecular flexibility index (Phi) is 5.56. The Hall–Kier alpha value is -0.650. The lowest BCUT2D eigenvalue weighted by molar-refractivity contribution is 0.426. The molecule has 0 atom stereocenters. The Morgan fingerprint density at radius 2 is 2.00 bits per heavy atom. The third-order valence-corrected chi connectivity index (χ3v) is 4.96. The van der Waals surface area contributed by atoms with E-state index in [1.165, 1.54) is 16.4 Å². The average Bonchev–Trinajstić information content (AvgIpc) is 2.35. The molecule has 0 radical (unpaired) electrons. The van der Waals surface area contributed by atoms with Crippen LogP contribution in [0.15, 0.2) is 23.1 Å². The summed E-state index contributed by atoms with van der Waals surface area (Å²) in [5, 5.41) is 0. The third kappa shape index (κ3) is 3.22. The minimum Gasteiger partial charge on any atom is -0.207 e. The van der Waals surface area contributed by atoms with Crippen molar-refractivity contribution in [2.75, 3.05) is 13.1 Å². The first kappa shape index (κ1) is 15.4. The van der Waals surface area contributed by atoms with Crippen LogP contribution in [0.1, 0.15) is 25.8 Å². The van der Waals surface area contributed by atoms with Crippen LogP contribution in [0.5, 0.6) is 0 Å². The molecule has 0 amide bonds. The Balaban J connectivity index is 3.30. The van der Waals surface area contributed by atoms with E-state index in [2.05, 4.69) is 0 Å². The maximum Gasteiger partial charge on any atom is 0.243 e. The largest absolute Gasteiger partial charge is 0.243 e. The summed E-state index contributed by atoms with van der Waals surface area (Å²) in [4.78, 5) is -0.0344. The summed E-state index contributed by atoms with van der Waals surface area (Å²) >= 11 is 5.71. The first-order valence-electron chi connectivity index (χ1n) is 5.81. The van der Waals surface area contributed by atoms with Crippen LogP contribution < -0.4 is 0 Å². The topological polar surface area (TPSA) is 37.4 Å². The van der Waals surface area contributed by atoms with Crippen molar-refractivity contribution in [1.29, 1.82) is 0 Å². The van der Waals surface area contributed by atoms with Gasteiger partial charge in [0, 0.05) is 19.0 Å². The molecule has 0 saturated carbocycles. The van der Waals surface area contributed by atoms with Gasteiger partial charge in [0.1, 0.15) is 5.82 Å². The monoisotopic (exact) mass is 293 g/mol. The molecule has 0 unspecified atom stereocenters. The summed E-state index contributed by atoms with van der Waals surface area (Å²) in [5.74, 6) is -0.534. The molecule has 6 heteroatoms. The number of halogens is 2. The summed E-state index contributed by atoms with van der Waals surface area (Å²) < 4.78 is 39.3. The van der Waals surface area contributed by atoms with E-state index < -0.39 is 15.8 Å². The predicted molar refractivity (Wildman–Crippen MR) is 70.7 cm³/mol. The second kappa shape index (κ2) is 6.50. The van der Waals surface area contributed by atoms with E-state index in [4.69, 9.17) is 11.6 Å². The van der Waals surface area contributed by atoms with Crippen molar-refractivity contribution in [2.24, 2.45) is 0 Å². The summed E-state index contributed by atoms with van der Waals surface area (Å²) in [6.45, 7) is 4.42. The van der Waals surface area contributed by atoms with Gasteiger partial charge in [-0.1, -0.05) is 19.9 Å². The lowest BCUT2D eigenvalue weighted by Gasteiger charge is -2.21. The SMILES string of the molecule is CCCN(CC)S(=O)(=O)c1cc(F)ccc1CCl. The van der Waals surface area contributed by atoms with Crippen LogP contribution in [0.3, 0.4) is 0 Å². The molecule has 0 aliphatic heterocycles. The molecule has 1 aromatic carbocycles. The second-order valence-electron chi connectivity index (χ2n) is 3.88. The van der Waals surface area contributed by atoms with Crippen molar-refractivity contribution >= 4 is 21.6 Å². The second-order valence-corrected chi connectivity index (χ2v) is 6.06. The minimum atomic E-state index is -3.67. The van der Waals surface area contributed by atoms with Crippen LogP contribution in [0.2, 0.25) is 0 Å². The van der Waals surface area contributed by atoms with Gasteiger partial charge in [-0.3, -0.25) is 0 Å². The van der Waals surface area contributed by atoms with Crippen molar-refractivity contribution in [3.05, 3.63) is 29.6 Å². The Morgan fingerprint density at radius 3 is 2.50 bits per heavy atom. The van der Waals surface area contributed by atoms with Gasteiger partial charge in [0.15, 0.2) is 0 Å². The zero-order valence-corrected chi connectivity index (χ0v) is 12.1. The standard InChI is InChI=1S/C12H17ClFNO2S/c1-3-7-15(4-2)18(16,17)12-8-11(14)6-5-10(12)9-13/h5-6,8H,3-4,7,9H2,1-2H3. The maximum atomic E-state index is 13.2. The van der Waals surface area contributed by atoms with Gasteiger partial charge in [0.05, 0.1) is 4.90 Å². The quantitative estimate of drug-likeness (QED) is 0.756. The van der Waals surface area contributed by atoms with E-state index in [0.29, 0.717) is 25.1 Å². The summed E-state index contributed by atoms with van der Waals surface area (Å²) in [7, 11) is -3.67. The number of hydrogen-bond donors (Lipinski definition) is 0. The smallest absolute Gasteiger partial charge is 0.207 e. The van der Waals surface area contributed by atoms with Crippen molar-refractivity contribution in [2.45, 2.75) is 31.0 Å². The fourth-order valence-electron chi connectivity index (χ4n) is 1.72. The average molecular weight is 294 g/mol. The highest BCUT2D eigenvalue weighted by atomic mass is 35.5. The van der Waals surface area contributed by atoms with E-state index in [0.717, 1.165) is 6.07 Å². The number of alkyl halides is 1. The van der Waals surface area contributed by atoms with Crippen LogP contribution in [0.25, 0.3) is 0 Å². The van der Waals surface area contributed by atoms with Gasteiger partial charge in [-0.15, -0.1) is 11.6 Å². The Bertz CT molecular complexity index is 505. The molecule has 18 heavy (non-hydrogen) atoms. The molecular formula is C12H17ClFNO2S. The summed E-state index contributed by atoms with van der Waals surface area (Å²) in [6, 6.07) is 3.66. The van der Waals surface area contributed by atoms with E-state index in [-0.39, 0.29) is 10.8 Å². The number of sulfonamides is 1. The van der Waals surface area contributed by atoms with Crippen molar-refractivity contribution in [3.63, 3.8) is 0 Å². The fourth-order valence-corrected chi connectivity index (χ4v) is 3.80.